The number of para-hydroxylation sites is 1. The van der Waals surface area contributed by atoms with Gasteiger partial charge in [0.25, 0.3) is 5.91 Å². The number of nitrogens with one attached hydrogen (secondary N) is 1. The van der Waals surface area contributed by atoms with Gasteiger partial charge in [0.1, 0.15) is 0 Å². The number of benzene rings is 2. The zero-order valence-corrected chi connectivity index (χ0v) is 10.4. The van der Waals surface area contributed by atoms with Crippen LogP contribution in [0.4, 0.5) is 5.69 Å². The van der Waals surface area contributed by atoms with Crippen molar-refractivity contribution in [2.75, 3.05) is 5.32 Å². The standard InChI is InChI=1S/C14H13NOS/c1-10-5-4-6-11(9-10)14(16)15-12-7-2-3-8-13(12)17/h2-9,17H,1H3,(H,15,16). The first-order chi connectivity index (χ1) is 8.16. The summed E-state index contributed by atoms with van der Waals surface area (Å²) in [4.78, 5) is 12.7. The average molecular weight is 243 g/mol. The molecule has 0 unspecified atom stereocenters. The second-order valence-electron chi connectivity index (χ2n) is 3.84. The lowest BCUT2D eigenvalue weighted by molar-refractivity contribution is 0.102. The van der Waals surface area contributed by atoms with Crippen LogP contribution in [0.3, 0.4) is 0 Å². The fraction of sp³-hybridized carbons (Fsp3) is 0.0714. The summed E-state index contributed by atoms with van der Waals surface area (Å²) < 4.78 is 0. The minimum absolute atomic E-state index is 0.116. The van der Waals surface area contributed by atoms with Gasteiger partial charge in [0, 0.05) is 10.5 Å². The number of hydrogen-bond acceptors (Lipinski definition) is 2. The lowest BCUT2D eigenvalue weighted by Crippen LogP contribution is -2.12. The molecule has 2 aromatic rings. The Morgan fingerprint density at radius 3 is 2.59 bits per heavy atom. The van der Waals surface area contributed by atoms with Crippen molar-refractivity contribution in [3.63, 3.8) is 0 Å². The van der Waals surface area contributed by atoms with Gasteiger partial charge in [0.2, 0.25) is 0 Å². The molecule has 0 fully saturated rings. The summed E-state index contributed by atoms with van der Waals surface area (Å²) in [5, 5.41) is 2.84. The molecule has 0 aliphatic heterocycles. The normalized spacial score (nSPS) is 10.0. The second kappa shape index (κ2) is 5.06. The third-order valence-electron chi connectivity index (χ3n) is 2.43. The summed E-state index contributed by atoms with van der Waals surface area (Å²) in [6.07, 6.45) is 0. The van der Waals surface area contributed by atoms with Crippen molar-refractivity contribution < 1.29 is 4.79 Å². The third kappa shape index (κ3) is 2.88. The zero-order chi connectivity index (χ0) is 12.3. The summed E-state index contributed by atoms with van der Waals surface area (Å²) in [5.74, 6) is -0.116. The first kappa shape index (κ1) is 11.7. The highest BCUT2D eigenvalue weighted by atomic mass is 32.1. The molecule has 86 valence electrons. The van der Waals surface area contributed by atoms with Crippen molar-refractivity contribution in [3.05, 3.63) is 59.7 Å². The number of hydrogen-bond donors (Lipinski definition) is 2. The summed E-state index contributed by atoms with van der Waals surface area (Å²) >= 11 is 4.29. The van der Waals surface area contributed by atoms with Crippen LogP contribution < -0.4 is 5.32 Å². The highest BCUT2D eigenvalue weighted by Gasteiger charge is 2.07. The number of aryl methyl sites for hydroxylation is 1. The SMILES string of the molecule is Cc1cccc(C(=O)Nc2ccccc2S)c1. The maximum absolute atomic E-state index is 12.0. The van der Waals surface area contributed by atoms with Gasteiger partial charge in [-0.2, -0.15) is 0 Å². The Balaban J connectivity index is 2.20. The van der Waals surface area contributed by atoms with Gasteiger partial charge < -0.3 is 5.32 Å². The second-order valence-corrected chi connectivity index (χ2v) is 4.32. The van der Waals surface area contributed by atoms with Crippen LogP contribution in [-0.2, 0) is 0 Å². The molecule has 0 radical (unpaired) electrons. The van der Waals surface area contributed by atoms with Gasteiger partial charge in [-0.05, 0) is 31.2 Å². The number of thiol groups is 1. The van der Waals surface area contributed by atoms with E-state index in [1.165, 1.54) is 0 Å². The van der Waals surface area contributed by atoms with Crippen LogP contribution in [0.1, 0.15) is 15.9 Å². The van der Waals surface area contributed by atoms with E-state index in [2.05, 4.69) is 17.9 Å². The highest BCUT2D eigenvalue weighted by Crippen LogP contribution is 2.19. The van der Waals surface area contributed by atoms with Crippen LogP contribution in [0.25, 0.3) is 0 Å². The first-order valence-electron chi connectivity index (χ1n) is 5.33. The molecule has 0 aliphatic carbocycles. The van der Waals surface area contributed by atoms with Gasteiger partial charge in [-0.25, -0.2) is 0 Å². The monoisotopic (exact) mass is 243 g/mol. The van der Waals surface area contributed by atoms with E-state index in [1.54, 1.807) is 6.07 Å². The molecule has 0 atom stereocenters. The molecule has 2 rings (SSSR count). The van der Waals surface area contributed by atoms with Gasteiger partial charge in [-0.15, -0.1) is 12.6 Å². The van der Waals surface area contributed by atoms with E-state index in [1.807, 2.05) is 49.4 Å². The first-order valence-corrected chi connectivity index (χ1v) is 5.77. The van der Waals surface area contributed by atoms with Gasteiger partial charge >= 0.3 is 0 Å². The van der Waals surface area contributed by atoms with Crippen molar-refractivity contribution in [1.82, 2.24) is 0 Å². The largest absolute Gasteiger partial charge is 0.321 e. The minimum atomic E-state index is -0.116. The molecule has 0 saturated heterocycles. The van der Waals surface area contributed by atoms with E-state index < -0.39 is 0 Å². The van der Waals surface area contributed by atoms with Crippen molar-refractivity contribution in [1.29, 1.82) is 0 Å². The Bertz CT molecular complexity index is 551. The lowest BCUT2D eigenvalue weighted by atomic mass is 10.1. The molecular formula is C14H13NOS. The molecule has 2 aromatic carbocycles. The Labute approximate surface area is 106 Å². The van der Waals surface area contributed by atoms with Crippen LogP contribution in [0, 0.1) is 6.92 Å². The smallest absolute Gasteiger partial charge is 0.255 e. The Hall–Kier alpha value is -1.74. The Morgan fingerprint density at radius 1 is 1.12 bits per heavy atom. The van der Waals surface area contributed by atoms with Crippen LogP contribution in [0.2, 0.25) is 0 Å². The van der Waals surface area contributed by atoms with E-state index >= 15 is 0 Å². The van der Waals surface area contributed by atoms with Crippen LogP contribution in [-0.4, -0.2) is 5.91 Å². The summed E-state index contributed by atoms with van der Waals surface area (Å²) in [7, 11) is 0. The predicted octanol–water partition coefficient (Wildman–Crippen LogP) is 3.54. The molecule has 0 heterocycles. The summed E-state index contributed by atoms with van der Waals surface area (Å²) in [5.41, 5.74) is 2.45. The highest BCUT2D eigenvalue weighted by molar-refractivity contribution is 7.80. The van der Waals surface area contributed by atoms with Crippen molar-refractivity contribution in [2.45, 2.75) is 11.8 Å². The molecule has 0 aliphatic rings. The number of anilines is 1. The molecule has 0 spiro atoms. The van der Waals surface area contributed by atoms with Crippen molar-refractivity contribution in [2.24, 2.45) is 0 Å². The number of rotatable bonds is 2. The predicted molar refractivity (Wildman–Crippen MR) is 72.8 cm³/mol. The Kier molecular flexibility index (Phi) is 3.49. The van der Waals surface area contributed by atoms with Crippen LogP contribution in [0.5, 0.6) is 0 Å². The van der Waals surface area contributed by atoms with E-state index in [-0.39, 0.29) is 5.91 Å². The van der Waals surface area contributed by atoms with E-state index in [9.17, 15) is 4.79 Å². The van der Waals surface area contributed by atoms with Crippen molar-refractivity contribution >= 4 is 24.2 Å². The summed E-state index contributed by atoms with van der Waals surface area (Å²) in [6.45, 7) is 1.96. The van der Waals surface area contributed by atoms with Gasteiger partial charge in [0.05, 0.1) is 5.69 Å². The van der Waals surface area contributed by atoms with E-state index in [4.69, 9.17) is 0 Å². The molecule has 1 amide bonds. The molecule has 0 bridgehead atoms. The van der Waals surface area contributed by atoms with E-state index in [0.717, 1.165) is 16.1 Å². The molecule has 17 heavy (non-hydrogen) atoms. The number of carbonyl (C=O) groups excluding carboxylic acids is 1. The average Bonchev–Trinajstić information content (AvgIpc) is 2.32. The van der Waals surface area contributed by atoms with Crippen LogP contribution >= 0.6 is 12.6 Å². The topological polar surface area (TPSA) is 29.1 Å². The third-order valence-corrected chi connectivity index (χ3v) is 2.82. The lowest BCUT2D eigenvalue weighted by Gasteiger charge is -2.07. The molecule has 2 nitrogen and oxygen atoms in total. The van der Waals surface area contributed by atoms with Gasteiger partial charge in [-0.1, -0.05) is 29.8 Å². The van der Waals surface area contributed by atoms with Crippen molar-refractivity contribution in [3.8, 4) is 0 Å². The fourth-order valence-corrected chi connectivity index (χ4v) is 1.78. The fourth-order valence-electron chi connectivity index (χ4n) is 1.56. The number of carbonyl (C=O) groups is 1. The van der Waals surface area contributed by atoms with Gasteiger partial charge in [0.15, 0.2) is 0 Å². The Morgan fingerprint density at radius 2 is 1.88 bits per heavy atom. The molecule has 3 heteroatoms. The minimum Gasteiger partial charge on any atom is -0.321 e. The number of amides is 1. The van der Waals surface area contributed by atoms with Gasteiger partial charge in [-0.3, -0.25) is 4.79 Å². The van der Waals surface area contributed by atoms with E-state index in [0.29, 0.717) is 5.56 Å². The maximum atomic E-state index is 12.0. The quantitative estimate of drug-likeness (QED) is 0.776. The maximum Gasteiger partial charge on any atom is 0.255 e. The molecule has 1 N–H and O–H groups in total. The zero-order valence-electron chi connectivity index (χ0n) is 9.47. The molecule has 0 saturated carbocycles. The van der Waals surface area contributed by atoms with Crippen LogP contribution in [0.15, 0.2) is 53.4 Å². The molecule has 0 aromatic heterocycles. The summed E-state index contributed by atoms with van der Waals surface area (Å²) in [6, 6.07) is 14.9. The molecular weight excluding hydrogens is 230 g/mol.